The molecule has 0 bridgehead atoms. The third-order valence-corrected chi connectivity index (χ3v) is 2.68. The molecule has 4 nitrogen and oxygen atoms in total. The van der Waals surface area contributed by atoms with Gasteiger partial charge in [-0.05, 0) is 25.7 Å². The van der Waals surface area contributed by atoms with Crippen LogP contribution in [0.2, 0.25) is 0 Å². The van der Waals surface area contributed by atoms with Gasteiger partial charge in [0.1, 0.15) is 17.5 Å². The van der Waals surface area contributed by atoms with Crippen LogP contribution in [0.25, 0.3) is 0 Å². The van der Waals surface area contributed by atoms with Crippen molar-refractivity contribution in [2.24, 2.45) is 5.92 Å². The van der Waals surface area contributed by atoms with Gasteiger partial charge in [0, 0.05) is 18.5 Å². The van der Waals surface area contributed by atoms with Gasteiger partial charge < -0.3 is 11.1 Å². The Balaban J connectivity index is 2.58. The van der Waals surface area contributed by atoms with Crippen molar-refractivity contribution in [1.82, 2.24) is 9.97 Å². The number of anilines is 2. The molecule has 0 aliphatic heterocycles. The molecule has 0 saturated heterocycles. The van der Waals surface area contributed by atoms with E-state index >= 15 is 0 Å². The van der Waals surface area contributed by atoms with E-state index in [1.807, 2.05) is 6.92 Å². The lowest BCUT2D eigenvalue weighted by Gasteiger charge is -2.16. The third-order valence-electron chi connectivity index (χ3n) is 2.68. The van der Waals surface area contributed by atoms with E-state index in [1.54, 1.807) is 6.07 Å². The first kappa shape index (κ1) is 13.7. The zero-order valence-electron chi connectivity index (χ0n) is 11.3. The van der Waals surface area contributed by atoms with Crippen LogP contribution in [0.4, 0.5) is 11.6 Å². The second-order valence-corrected chi connectivity index (χ2v) is 4.96. The molecule has 1 heterocycles. The molecule has 1 atom stereocenters. The van der Waals surface area contributed by atoms with E-state index in [2.05, 4.69) is 36.1 Å². The second kappa shape index (κ2) is 6.42. The molecule has 1 rings (SSSR count). The molecule has 0 amide bonds. The summed E-state index contributed by atoms with van der Waals surface area (Å²) in [5.41, 5.74) is 5.74. The van der Waals surface area contributed by atoms with E-state index in [1.165, 1.54) is 6.42 Å². The zero-order valence-corrected chi connectivity index (χ0v) is 11.3. The summed E-state index contributed by atoms with van der Waals surface area (Å²) >= 11 is 0. The summed E-state index contributed by atoms with van der Waals surface area (Å²) in [5, 5.41) is 3.38. The van der Waals surface area contributed by atoms with Crippen molar-refractivity contribution in [3.63, 3.8) is 0 Å². The highest BCUT2D eigenvalue weighted by molar-refractivity contribution is 5.45. The van der Waals surface area contributed by atoms with Gasteiger partial charge in [-0.2, -0.15) is 0 Å². The van der Waals surface area contributed by atoms with E-state index in [0.29, 0.717) is 11.9 Å². The molecule has 1 unspecified atom stereocenters. The summed E-state index contributed by atoms with van der Waals surface area (Å²) in [6.07, 6.45) is 3.17. The SMILES string of the molecule is CCc1nc(N)cc(NC(C)CCC(C)C)n1. The number of hydrogen-bond donors (Lipinski definition) is 2. The highest BCUT2D eigenvalue weighted by Crippen LogP contribution is 2.13. The lowest BCUT2D eigenvalue weighted by atomic mass is 10.0. The molecule has 0 saturated carbocycles. The maximum atomic E-state index is 5.74. The van der Waals surface area contributed by atoms with Crippen LogP contribution in [0.5, 0.6) is 0 Å². The molecule has 0 aromatic carbocycles. The lowest BCUT2D eigenvalue weighted by molar-refractivity contribution is 0.527. The van der Waals surface area contributed by atoms with Crippen LogP contribution in [-0.4, -0.2) is 16.0 Å². The number of nitrogens with two attached hydrogens (primary N) is 1. The molecule has 0 spiro atoms. The van der Waals surface area contributed by atoms with Crippen LogP contribution >= 0.6 is 0 Å². The Bertz CT molecular complexity index is 349. The topological polar surface area (TPSA) is 63.8 Å². The van der Waals surface area contributed by atoms with Crippen molar-refractivity contribution in [1.29, 1.82) is 0 Å². The highest BCUT2D eigenvalue weighted by Gasteiger charge is 2.06. The van der Waals surface area contributed by atoms with E-state index in [9.17, 15) is 0 Å². The fourth-order valence-electron chi connectivity index (χ4n) is 1.66. The van der Waals surface area contributed by atoms with E-state index in [-0.39, 0.29) is 0 Å². The molecular formula is C13H24N4. The molecule has 0 fully saturated rings. The van der Waals surface area contributed by atoms with Gasteiger partial charge in [0.25, 0.3) is 0 Å². The summed E-state index contributed by atoms with van der Waals surface area (Å²) in [6.45, 7) is 8.68. The first-order valence-electron chi connectivity index (χ1n) is 6.41. The van der Waals surface area contributed by atoms with Crippen molar-refractivity contribution in [3.8, 4) is 0 Å². The fraction of sp³-hybridized carbons (Fsp3) is 0.692. The van der Waals surface area contributed by atoms with Crippen molar-refractivity contribution in [2.45, 2.75) is 53.0 Å². The predicted molar refractivity (Wildman–Crippen MR) is 73.0 cm³/mol. The van der Waals surface area contributed by atoms with Crippen LogP contribution in [0.1, 0.15) is 46.4 Å². The minimum Gasteiger partial charge on any atom is -0.384 e. The predicted octanol–water partition coefficient (Wildman–Crippen LogP) is 2.86. The van der Waals surface area contributed by atoms with Gasteiger partial charge in [-0.25, -0.2) is 9.97 Å². The smallest absolute Gasteiger partial charge is 0.132 e. The normalized spacial score (nSPS) is 12.8. The number of nitrogen functional groups attached to an aromatic ring is 1. The van der Waals surface area contributed by atoms with Gasteiger partial charge >= 0.3 is 0 Å². The average molecular weight is 236 g/mol. The molecule has 1 aromatic heterocycles. The molecule has 1 aromatic rings. The summed E-state index contributed by atoms with van der Waals surface area (Å²) in [5.74, 6) is 2.91. The van der Waals surface area contributed by atoms with Gasteiger partial charge in [0.05, 0.1) is 0 Å². The number of rotatable bonds is 6. The Hall–Kier alpha value is -1.32. The monoisotopic (exact) mass is 236 g/mol. The van der Waals surface area contributed by atoms with Crippen LogP contribution in [-0.2, 0) is 6.42 Å². The number of aromatic nitrogens is 2. The van der Waals surface area contributed by atoms with Gasteiger partial charge in [0.15, 0.2) is 0 Å². The average Bonchev–Trinajstić information content (AvgIpc) is 2.25. The molecule has 0 aliphatic rings. The van der Waals surface area contributed by atoms with Crippen LogP contribution < -0.4 is 11.1 Å². The van der Waals surface area contributed by atoms with E-state index < -0.39 is 0 Å². The quantitative estimate of drug-likeness (QED) is 0.797. The van der Waals surface area contributed by atoms with E-state index in [0.717, 1.165) is 30.4 Å². The molecule has 0 aliphatic carbocycles. The minimum absolute atomic E-state index is 0.413. The molecule has 3 N–H and O–H groups in total. The Kier molecular flexibility index (Phi) is 5.19. The van der Waals surface area contributed by atoms with Gasteiger partial charge in [-0.1, -0.05) is 20.8 Å². The van der Waals surface area contributed by atoms with Crippen molar-refractivity contribution in [2.75, 3.05) is 11.1 Å². The van der Waals surface area contributed by atoms with Crippen molar-refractivity contribution >= 4 is 11.6 Å². The zero-order chi connectivity index (χ0) is 12.8. The second-order valence-electron chi connectivity index (χ2n) is 4.96. The van der Waals surface area contributed by atoms with Crippen LogP contribution in [0, 0.1) is 5.92 Å². The first-order chi connectivity index (χ1) is 8.01. The molecular weight excluding hydrogens is 212 g/mol. The standard InChI is InChI=1S/C13H24N4/c1-5-12-16-11(14)8-13(17-12)15-10(4)7-6-9(2)3/h8-10H,5-7H2,1-4H3,(H3,14,15,16,17). The van der Waals surface area contributed by atoms with Gasteiger partial charge in [-0.15, -0.1) is 0 Å². The number of hydrogen-bond acceptors (Lipinski definition) is 4. The largest absolute Gasteiger partial charge is 0.384 e. The fourth-order valence-corrected chi connectivity index (χ4v) is 1.66. The highest BCUT2D eigenvalue weighted by atomic mass is 15.1. The summed E-state index contributed by atoms with van der Waals surface area (Å²) in [7, 11) is 0. The Morgan fingerprint density at radius 2 is 1.94 bits per heavy atom. The minimum atomic E-state index is 0.413. The summed E-state index contributed by atoms with van der Waals surface area (Å²) < 4.78 is 0. The molecule has 96 valence electrons. The molecule has 17 heavy (non-hydrogen) atoms. The lowest BCUT2D eigenvalue weighted by Crippen LogP contribution is -2.17. The van der Waals surface area contributed by atoms with Crippen molar-refractivity contribution in [3.05, 3.63) is 11.9 Å². The number of nitrogens with one attached hydrogen (secondary N) is 1. The van der Waals surface area contributed by atoms with E-state index in [4.69, 9.17) is 5.73 Å². The Morgan fingerprint density at radius 1 is 1.24 bits per heavy atom. The summed E-state index contributed by atoms with van der Waals surface area (Å²) in [6, 6.07) is 2.21. The molecule has 4 heteroatoms. The molecule has 0 radical (unpaired) electrons. The Labute approximate surface area is 104 Å². The maximum absolute atomic E-state index is 5.74. The van der Waals surface area contributed by atoms with Gasteiger partial charge in [-0.3, -0.25) is 0 Å². The number of aryl methyl sites for hydroxylation is 1. The van der Waals surface area contributed by atoms with Crippen LogP contribution in [0.15, 0.2) is 6.07 Å². The van der Waals surface area contributed by atoms with Crippen molar-refractivity contribution < 1.29 is 0 Å². The third kappa shape index (κ3) is 5.02. The van der Waals surface area contributed by atoms with Crippen LogP contribution in [0.3, 0.4) is 0 Å². The maximum Gasteiger partial charge on any atom is 0.132 e. The Morgan fingerprint density at radius 3 is 2.53 bits per heavy atom. The van der Waals surface area contributed by atoms with Gasteiger partial charge in [0.2, 0.25) is 0 Å². The number of nitrogens with zero attached hydrogens (tertiary/aromatic N) is 2. The first-order valence-corrected chi connectivity index (χ1v) is 6.41. The summed E-state index contributed by atoms with van der Waals surface area (Å²) in [4.78, 5) is 8.58.